The topological polar surface area (TPSA) is 76.3 Å². The molecule has 1 aromatic carbocycles. The highest BCUT2D eigenvalue weighted by Gasteiger charge is 2.16. The summed E-state index contributed by atoms with van der Waals surface area (Å²) < 4.78 is 0.582. The zero-order valence-electron chi connectivity index (χ0n) is 11.8. The predicted octanol–water partition coefficient (Wildman–Crippen LogP) is 1.56. The van der Waals surface area contributed by atoms with Crippen molar-refractivity contribution in [1.82, 2.24) is 5.32 Å². The highest BCUT2D eigenvalue weighted by Crippen LogP contribution is 2.17. The molecule has 21 heavy (non-hydrogen) atoms. The summed E-state index contributed by atoms with van der Waals surface area (Å²) in [6, 6.07) is 12.2. The smallest absolute Gasteiger partial charge is 0.257 e. The molecular formula is C16H18N2O3. The largest absolute Gasteiger partial charge is 0.619 e. The maximum atomic E-state index is 12.0. The molecule has 0 aliphatic rings. The van der Waals surface area contributed by atoms with Gasteiger partial charge in [-0.15, -0.1) is 0 Å². The van der Waals surface area contributed by atoms with E-state index in [1.807, 2.05) is 37.3 Å². The fraction of sp³-hybridized carbons (Fsp3) is 0.250. The van der Waals surface area contributed by atoms with Gasteiger partial charge < -0.3 is 15.6 Å². The third-order valence-electron chi connectivity index (χ3n) is 3.18. The Morgan fingerprint density at radius 1 is 1.29 bits per heavy atom. The summed E-state index contributed by atoms with van der Waals surface area (Å²) in [7, 11) is 0. The molecule has 1 amide bonds. The van der Waals surface area contributed by atoms with Crippen molar-refractivity contribution in [2.45, 2.75) is 25.5 Å². The van der Waals surface area contributed by atoms with Gasteiger partial charge in [-0.2, -0.15) is 4.73 Å². The summed E-state index contributed by atoms with van der Waals surface area (Å²) in [5.41, 5.74) is 1.12. The maximum absolute atomic E-state index is 12.0. The van der Waals surface area contributed by atoms with E-state index in [4.69, 9.17) is 0 Å². The van der Waals surface area contributed by atoms with E-state index in [2.05, 4.69) is 5.32 Å². The van der Waals surface area contributed by atoms with Gasteiger partial charge in [-0.3, -0.25) is 4.79 Å². The molecule has 2 rings (SSSR count). The van der Waals surface area contributed by atoms with Gasteiger partial charge in [-0.1, -0.05) is 30.3 Å². The standard InChI is InChI=1S/C16H18N2O3/c1-12(10-15(19)13-6-3-2-4-7-13)17-16(20)14-8-5-9-18(21)11-14/h2-9,11-12,15,19H,10H2,1H3,(H,17,20). The van der Waals surface area contributed by atoms with E-state index in [0.29, 0.717) is 16.7 Å². The van der Waals surface area contributed by atoms with E-state index in [-0.39, 0.29) is 11.9 Å². The quantitative estimate of drug-likeness (QED) is 0.647. The van der Waals surface area contributed by atoms with Crippen LogP contribution >= 0.6 is 0 Å². The van der Waals surface area contributed by atoms with Gasteiger partial charge in [-0.25, -0.2) is 0 Å². The lowest BCUT2D eigenvalue weighted by Crippen LogP contribution is -2.35. The zero-order chi connectivity index (χ0) is 15.2. The fourth-order valence-electron chi connectivity index (χ4n) is 2.10. The van der Waals surface area contributed by atoms with Crippen LogP contribution in [0.25, 0.3) is 0 Å². The number of aromatic nitrogens is 1. The van der Waals surface area contributed by atoms with Crippen molar-refractivity contribution < 1.29 is 14.6 Å². The van der Waals surface area contributed by atoms with Gasteiger partial charge in [0.25, 0.3) is 5.91 Å². The SMILES string of the molecule is CC(CC(O)c1ccccc1)NC(=O)c1ccc[n+]([O-])c1. The Balaban J connectivity index is 1.92. The average Bonchev–Trinajstić information content (AvgIpc) is 2.48. The van der Waals surface area contributed by atoms with Crippen molar-refractivity contribution in [3.05, 3.63) is 71.2 Å². The second kappa shape index (κ2) is 6.85. The van der Waals surface area contributed by atoms with E-state index >= 15 is 0 Å². The Morgan fingerprint density at radius 3 is 2.67 bits per heavy atom. The van der Waals surface area contributed by atoms with Crippen molar-refractivity contribution in [2.75, 3.05) is 0 Å². The second-order valence-corrected chi connectivity index (χ2v) is 4.99. The van der Waals surface area contributed by atoms with E-state index in [1.165, 1.54) is 18.5 Å². The molecule has 1 heterocycles. The molecule has 110 valence electrons. The van der Waals surface area contributed by atoms with Gasteiger partial charge in [0, 0.05) is 12.1 Å². The van der Waals surface area contributed by atoms with Crippen molar-refractivity contribution in [2.24, 2.45) is 0 Å². The van der Waals surface area contributed by atoms with Gasteiger partial charge in [0.2, 0.25) is 0 Å². The lowest BCUT2D eigenvalue weighted by molar-refractivity contribution is -0.605. The van der Waals surface area contributed by atoms with Crippen LogP contribution in [0.2, 0.25) is 0 Å². The summed E-state index contributed by atoms with van der Waals surface area (Å²) in [5, 5.41) is 24.0. The van der Waals surface area contributed by atoms with Crippen LogP contribution in [0.3, 0.4) is 0 Å². The van der Waals surface area contributed by atoms with E-state index < -0.39 is 6.10 Å². The van der Waals surface area contributed by atoms with Gasteiger partial charge in [0.15, 0.2) is 12.4 Å². The fourth-order valence-corrected chi connectivity index (χ4v) is 2.10. The lowest BCUT2D eigenvalue weighted by Gasteiger charge is -2.18. The summed E-state index contributed by atoms with van der Waals surface area (Å²) in [6.07, 6.45) is 2.30. The van der Waals surface area contributed by atoms with Gasteiger partial charge in [0.1, 0.15) is 5.56 Å². The monoisotopic (exact) mass is 286 g/mol. The van der Waals surface area contributed by atoms with Crippen LogP contribution in [0, 0.1) is 5.21 Å². The number of hydrogen-bond acceptors (Lipinski definition) is 3. The zero-order valence-corrected chi connectivity index (χ0v) is 11.8. The minimum Gasteiger partial charge on any atom is -0.619 e. The van der Waals surface area contributed by atoms with Gasteiger partial charge in [-0.05, 0) is 25.0 Å². The number of rotatable bonds is 5. The molecule has 5 nitrogen and oxygen atoms in total. The molecule has 0 saturated carbocycles. The average molecular weight is 286 g/mol. The van der Waals surface area contributed by atoms with Crippen LogP contribution in [0.1, 0.15) is 35.4 Å². The van der Waals surface area contributed by atoms with Crippen LogP contribution in [0.15, 0.2) is 54.9 Å². The summed E-state index contributed by atoms with van der Waals surface area (Å²) >= 11 is 0. The molecule has 0 spiro atoms. The maximum Gasteiger partial charge on any atom is 0.257 e. The molecule has 0 saturated heterocycles. The lowest BCUT2D eigenvalue weighted by atomic mass is 10.0. The Morgan fingerprint density at radius 2 is 2.00 bits per heavy atom. The number of amides is 1. The van der Waals surface area contributed by atoms with Crippen molar-refractivity contribution in [3.63, 3.8) is 0 Å². The minimum atomic E-state index is -0.637. The molecule has 0 bridgehead atoms. The molecule has 2 aromatic rings. The normalized spacial score (nSPS) is 13.4. The number of aliphatic hydroxyl groups excluding tert-OH is 1. The molecule has 2 atom stereocenters. The molecule has 2 unspecified atom stereocenters. The second-order valence-electron chi connectivity index (χ2n) is 4.99. The number of nitrogens with one attached hydrogen (secondary N) is 1. The van der Waals surface area contributed by atoms with Crippen LogP contribution in [-0.4, -0.2) is 17.1 Å². The van der Waals surface area contributed by atoms with Crippen molar-refractivity contribution >= 4 is 5.91 Å². The third kappa shape index (κ3) is 4.29. The van der Waals surface area contributed by atoms with Crippen LogP contribution in [-0.2, 0) is 0 Å². The third-order valence-corrected chi connectivity index (χ3v) is 3.18. The number of aliphatic hydroxyl groups is 1. The molecule has 0 radical (unpaired) electrons. The molecule has 2 N–H and O–H groups in total. The number of hydrogen-bond donors (Lipinski definition) is 2. The van der Waals surface area contributed by atoms with Crippen LogP contribution in [0.5, 0.6) is 0 Å². The molecule has 5 heteroatoms. The van der Waals surface area contributed by atoms with Crippen LogP contribution in [0.4, 0.5) is 0 Å². The van der Waals surface area contributed by atoms with E-state index in [1.54, 1.807) is 6.07 Å². The first kappa shape index (κ1) is 15.0. The minimum absolute atomic E-state index is 0.215. The number of carbonyl (C=O) groups excluding carboxylic acids is 1. The molecular weight excluding hydrogens is 268 g/mol. The highest BCUT2D eigenvalue weighted by molar-refractivity contribution is 5.93. The first-order valence-corrected chi connectivity index (χ1v) is 6.79. The Bertz CT molecular complexity index is 601. The van der Waals surface area contributed by atoms with Gasteiger partial charge >= 0.3 is 0 Å². The Hall–Kier alpha value is -2.40. The molecule has 1 aromatic heterocycles. The van der Waals surface area contributed by atoms with Crippen molar-refractivity contribution in [1.29, 1.82) is 0 Å². The number of nitrogens with zero attached hydrogens (tertiary/aromatic N) is 1. The van der Waals surface area contributed by atoms with Crippen molar-refractivity contribution in [3.8, 4) is 0 Å². The first-order valence-electron chi connectivity index (χ1n) is 6.79. The highest BCUT2D eigenvalue weighted by atomic mass is 16.5. The summed E-state index contributed by atoms with van der Waals surface area (Å²) in [4.78, 5) is 12.0. The number of benzene rings is 1. The molecule has 0 aliphatic carbocycles. The number of pyridine rings is 1. The molecule has 0 aliphatic heterocycles. The molecule has 0 fully saturated rings. The number of carbonyl (C=O) groups is 1. The summed E-state index contributed by atoms with van der Waals surface area (Å²) in [5.74, 6) is -0.326. The van der Waals surface area contributed by atoms with E-state index in [9.17, 15) is 15.1 Å². The van der Waals surface area contributed by atoms with E-state index in [0.717, 1.165) is 5.56 Å². The van der Waals surface area contributed by atoms with Crippen LogP contribution < -0.4 is 10.0 Å². The summed E-state index contributed by atoms with van der Waals surface area (Å²) in [6.45, 7) is 1.82. The first-order chi connectivity index (χ1) is 10.1. The van der Waals surface area contributed by atoms with Gasteiger partial charge in [0.05, 0.1) is 6.10 Å². The predicted molar refractivity (Wildman–Crippen MR) is 78.3 cm³/mol. The Labute approximate surface area is 123 Å². The Kier molecular flexibility index (Phi) is 4.90.